The molecule has 0 bridgehead atoms. The van der Waals surface area contributed by atoms with Gasteiger partial charge in [0.15, 0.2) is 0 Å². The van der Waals surface area contributed by atoms with E-state index in [1.807, 2.05) is 44.6 Å². The highest BCUT2D eigenvalue weighted by atomic mass is 15.2. The molecular weight excluding hydrogens is 262 g/mol. The van der Waals surface area contributed by atoms with Gasteiger partial charge in [-0.15, -0.1) is 0 Å². The van der Waals surface area contributed by atoms with E-state index in [1.165, 1.54) is 0 Å². The number of nitriles is 1. The Morgan fingerprint density at radius 2 is 2.00 bits per heavy atom. The number of hydrogen-bond donors (Lipinski definition) is 0. The number of rotatable bonds is 6. The maximum absolute atomic E-state index is 9.00. The van der Waals surface area contributed by atoms with Crippen molar-refractivity contribution in [2.45, 2.75) is 6.54 Å². The second-order valence-corrected chi connectivity index (χ2v) is 5.08. The lowest BCUT2D eigenvalue weighted by Crippen LogP contribution is -2.32. The van der Waals surface area contributed by atoms with Crippen LogP contribution in [0.15, 0.2) is 42.7 Å². The summed E-state index contributed by atoms with van der Waals surface area (Å²) in [6, 6.07) is 11.6. The monoisotopic (exact) mass is 281 g/mol. The maximum atomic E-state index is 9.00. The van der Waals surface area contributed by atoms with Gasteiger partial charge in [-0.1, -0.05) is 12.1 Å². The van der Waals surface area contributed by atoms with E-state index in [-0.39, 0.29) is 0 Å². The predicted molar refractivity (Wildman–Crippen MR) is 82.8 cm³/mol. The molecule has 2 aromatic heterocycles. The van der Waals surface area contributed by atoms with E-state index in [9.17, 15) is 0 Å². The van der Waals surface area contributed by atoms with Gasteiger partial charge in [-0.05, 0) is 37.9 Å². The minimum Gasteiger partial charge on any atom is -0.351 e. The van der Waals surface area contributed by atoms with Crippen LogP contribution in [-0.2, 0) is 6.54 Å². The Kier molecular flexibility index (Phi) is 5.24. The summed E-state index contributed by atoms with van der Waals surface area (Å²) < 4.78 is 0. The van der Waals surface area contributed by atoms with Crippen LogP contribution in [0.2, 0.25) is 0 Å². The number of nitrogens with zero attached hydrogens (tertiary/aromatic N) is 5. The van der Waals surface area contributed by atoms with E-state index in [2.05, 4.69) is 25.8 Å². The molecule has 0 saturated heterocycles. The van der Waals surface area contributed by atoms with Gasteiger partial charge >= 0.3 is 0 Å². The molecule has 2 rings (SSSR count). The zero-order valence-corrected chi connectivity index (χ0v) is 12.4. The minimum absolute atomic E-state index is 0.438. The Morgan fingerprint density at radius 3 is 2.67 bits per heavy atom. The SMILES string of the molecule is CN(C)CCN(Cc1cccnc1)c1cccc(C#N)n1. The van der Waals surface area contributed by atoms with Crippen molar-refractivity contribution >= 4 is 5.82 Å². The molecule has 0 fully saturated rings. The van der Waals surface area contributed by atoms with Crippen molar-refractivity contribution in [2.75, 3.05) is 32.1 Å². The Morgan fingerprint density at radius 1 is 1.14 bits per heavy atom. The Labute approximate surface area is 125 Å². The Balaban J connectivity index is 2.20. The highest BCUT2D eigenvalue weighted by molar-refractivity contribution is 5.42. The predicted octanol–water partition coefficient (Wildman–Crippen LogP) is 1.92. The quantitative estimate of drug-likeness (QED) is 0.809. The van der Waals surface area contributed by atoms with Crippen LogP contribution in [0.4, 0.5) is 5.82 Å². The first-order valence-electron chi connectivity index (χ1n) is 6.85. The van der Waals surface area contributed by atoms with Gasteiger partial charge in [-0.25, -0.2) is 4.98 Å². The van der Waals surface area contributed by atoms with Gasteiger partial charge in [-0.3, -0.25) is 4.98 Å². The first-order chi connectivity index (χ1) is 10.2. The summed E-state index contributed by atoms with van der Waals surface area (Å²) in [7, 11) is 4.09. The molecule has 0 aliphatic carbocycles. The van der Waals surface area contributed by atoms with Crippen LogP contribution in [0.25, 0.3) is 0 Å². The molecule has 108 valence electrons. The molecule has 21 heavy (non-hydrogen) atoms. The zero-order chi connectivity index (χ0) is 15.1. The van der Waals surface area contributed by atoms with Gasteiger partial charge in [0.05, 0.1) is 0 Å². The average Bonchev–Trinajstić information content (AvgIpc) is 2.52. The molecule has 0 amide bonds. The summed E-state index contributed by atoms with van der Waals surface area (Å²) in [5, 5.41) is 9.00. The van der Waals surface area contributed by atoms with Crippen LogP contribution < -0.4 is 4.90 Å². The first-order valence-corrected chi connectivity index (χ1v) is 6.85. The topological polar surface area (TPSA) is 56.0 Å². The molecule has 0 spiro atoms. The molecule has 0 unspecified atom stereocenters. The van der Waals surface area contributed by atoms with Crippen LogP contribution >= 0.6 is 0 Å². The fraction of sp³-hybridized carbons (Fsp3) is 0.312. The third-order valence-electron chi connectivity index (χ3n) is 3.09. The molecule has 0 aliphatic rings. The summed E-state index contributed by atoms with van der Waals surface area (Å²) in [4.78, 5) is 12.8. The molecule has 0 radical (unpaired) electrons. The van der Waals surface area contributed by atoms with Gasteiger partial charge in [0, 0.05) is 32.0 Å². The molecule has 0 aliphatic heterocycles. The van der Waals surface area contributed by atoms with Crippen molar-refractivity contribution in [2.24, 2.45) is 0 Å². The van der Waals surface area contributed by atoms with E-state index < -0.39 is 0 Å². The normalized spacial score (nSPS) is 10.4. The van der Waals surface area contributed by atoms with Gasteiger partial charge in [0.25, 0.3) is 0 Å². The van der Waals surface area contributed by atoms with E-state index in [1.54, 1.807) is 12.3 Å². The van der Waals surface area contributed by atoms with Crippen molar-refractivity contribution in [3.8, 4) is 6.07 Å². The van der Waals surface area contributed by atoms with Crippen molar-refractivity contribution in [3.05, 3.63) is 54.0 Å². The summed E-state index contributed by atoms with van der Waals surface area (Å²) in [6.45, 7) is 2.48. The van der Waals surface area contributed by atoms with E-state index in [0.29, 0.717) is 5.69 Å². The molecular formula is C16H19N5. The number of pyridine rings is 2. The van der Waals surface area contributed by atoms with Gasteiger partial charge in [0.1, 0.15) is 17.6 Å². The molecule has 0 N–H and O–H groups in total. The highest BCUT2D eigenvalue weighted by Crippen LogP contribution is 2.14. The summed E-state index contributed by atoms with van der Waals surface area (Å²) in [6.07, 6.45) is 3.62. The van der Waals surface area contributed by atoms with Gasteiger partial charge in [0.2, 0.25) is 0 Å². The second-order valence-electron chi connectivity index (χ2n) is 5.08. The standard InChI is InChI=1S/C16H19N5/c1-20(2)9-10-21(13-14-5-4-8-18-12-14)16-7-3-6-15(11-17)19-16/h3-8,12H,9-10,13H2,1-2H3. The van der Waals surface area contributed by atoms with Gasteiger partial charge < -0.3 is 9.80 Å². The minimum atomic E-state index is 0.438. The number of likely N-dealkylation sites (N-methyl/N-ethyl adjacent to an activating group) is 1. The molecule has 2 heterocycles. The average molecular weight is 281 g/mol. The van der Waals surface area contributed by atoms with Crippen molar-refractivity contribution in [3.63, 3.8) is 0 Å². The number of hydrogen-bond acceptors (Lipinski definition) is 5. The maximum Gasteiger partial charge on any atom is 0.142 e. The number of anilines is 1. The van der Waals surface area contributed by atoms with Crippen LogP contribution in [0.3, 0.4) is 0 Å². The smallest absolute Gasteiger partial charge is 0.142 e. The van der Waals surface area contributed by atoms with Crippen molar-refractivity contribution in [1.29, 1.82) is 5.26 Å². The molecule has 0 saturated carbocycles. The molecule has 5 nitrogen and oxygen atoms in total. The van der Waals surface area contributed by atoms with E-state index in [4.69, 9.17) is 5.26 Å². The lowest BCUT2D eigenvalue weighted by molar-refractivity contribution is 0.412. The third kappa shape index (κ3) is 4.55. The molecule has 0 aromatic carbocycles. The zero-order valence-electron chi connectivity index (χ0n) is 12.4. The third-order valence-corrected chi connectivity index (χ3v) is 3.09. The van der Waals surface area contributed by atoms with Crippen LogP contribution in [0.5, 0.6) is 0 Å². The van der Waals surface area contributed by atoms with E-state index >= 15 is 0 Å². The lowest BCUT2D eigenvalue weighted by Gasteiger charge is -2.25. The second kappa shape index (κ2) is 7.36. The van der Waals surface area contributed by atoms with Crippen LogP contribution in [0, 0.1) is 11.3 Å². The molecule has 2 aromatic rings. The Bertz CT molecular complexity index is 604. The lowest BCUT2D eigenvalue weighted by atomic mass is 10.2. The van der Waals surface area contributed by atoms with Crippen molar-refractivity contribution in [1.82, 2.24) is 14.9 Å². The van der Waals surface area contributed by atoms with E-state index in [0.717, 1.165) is 31.0 Å². The Hall–Kier alpha value is -2.45. The number of aromatic nitrogens is 2. The molecule has 0 atom stereocenters. The first kappa shape index (κ1) is 14.9. The van der Waals surface area contributed by atoms with Crippen molar-refractivity contribution < 1.29 is 0 Å². The highest BCUT2D eigenvalue weighted by Gasteiger charge is 2.10. The summed E-state index contributed by atoms with van der Waals surface area (Å²) in [5.74, 6) is 0.819. The summed E-state index contributed by atoms with van der Waals surface area (Å²) >= 11 is 0. The largest absolute Gasteiger partial charge is 0.351 e. The van der Waals surface area contributed by atoms with Crippen LogP contribution in [0.1, 0.15) is 11.3 Å². The summed E-state index contributed by atoms with van der Waals surface area (Å²) in [5.41, 5.74) is 1.56. The van der Waals surface area contributed by atoms with Crippen LogP contribution in [-0.4, -0.2) is 42.1 Å². The fourth-order valence-corrected chi connectivity index (χ4v) is 1.97. The fourth-order valence-electron chi connectivity index (χ4n) is 1.97. The molecule has 5 heteroatoms. The van der Waals surface area contributed by atoms with Gasteiger partial charge in [-0.2, -0.15) is 5.26 Å².